The highest BCUT2D eigenvalue weighted by Crippen LogP contribution is 2.50. The van der Waals surface area contributed by atoms with E-state index in [0.717, 1.165) is 12.3 Å². The number of hydrogen-bond acceptors (Lipinski definition) is 3. The number of allylic oxidation sites excluding steroid dienone is 1. The summed E-state index contributed by atoms with van der Waals surface area (Å²) in [7, 11) is 0. The van der Waals surface area contributed by atoms with E-state index >= 15 is 0 Å². The van der Waals surface area contributed by atoms with Crippen LogP contribution in [0.25, 0.3) is 0 Å². The van der Waals surface area contributed by atoms with E-state index in [1.54, 1.807) is 11.0 Å². The second-order valence-electron chi connectivity index (χ2n) is 6.84. The summed E-state index contributed by atoms with van der Waals surface area (Å²) in [4.78, 5) is 30.2. The lowest BCUT2D eigenvalue weighted by atomic mass is 9.74. The molecule has 0 saturated carbocycles. The van der Waals surface area contributed by atoms with Crippen molar-refractivity contribution >= 4 is 11.7 Å². The summed E-state index contributed by atoms with van der Waals surface area (Å²) >= 11 is 0. The predicted octanol–water partition coefficient (Wildman–Crippen LogP) is 2.52. The second-order valence-corrected chi connectivity index (χ2v) is 6.84. The van der Waals surface area contributed by atoms with Crippen molar-refractivity contribution < 1.29 is 22.8 Å². The molecular formula is C17H15F3N2O2. The second kappa shape index (κ2) is 4.68. The molecule has 2 aliphatic heterocycles. The zero-order valence-corrected chi connectivity index (χ0v) is 12.9. The van der Waals surface area contributed by atoms with Gasteiger partial charge in [-0.15, -0.1) is 0 Å². The van der Waals surface area contributed by atoms with Crippen LogP contribution in [0.5, 0.6) is 0 Å². The fourth-order valence-electron chi connectivity index (χ4n) is 4.21. The number of alkyl halides is 3. The molecule has 1 aromatic rings. The molecule has 0 radical (unpaired) electrons. The van der Waals surface area contributed by atoms with Gasteiger partial charge in [0.25, 0.3) is 0 Å². The summed E-state index contributed by atoms with van der Waals surface area (Å²) in [6.45, 7) is 2.05. The molecule has 1 aliphatic carbocycles. The largest absolute Gasteiger partial charge is 0.417 e. The molecule has 1 amide bonds. The zero-order chi connectivity index (χ0) is 17.3. The molecule has 2 unspecified atom stereocenters. The van der Waals surface area contributed by atoms with Gasteiger partial charge >= 0.3 is 6.18 Å². The molecule has 4 nitrogen and oxygen atoms in total. The van der Waals surface area contributed by atoms with Crippen molar-refractivity contribution in [2.45, 2.75) is 38.5 Å². The molecule has 0 N–H and O–H groups in total. The van der Waals surface area contributed by atoms with Crippen LogP contribution in [0.2, 0.25) is 0 Å². The minimum atomic E-state index is -4.46. The van der Waals surface area contributed by atoms with Crippen molar-refractivity contribution in [2.75, 3.05) is 0 Å². The molecule has 126 valence electrons. The Morgan fingerprint density at radius 3 is 2.71 bits per heavy atom. The maximum Gasteiger partial charge on any atom is 0.417 e. The van der Waals surface area contributed by atoms with Crippen LogP contribution in [0.1, 0.15) is 30.2 Å². The van der Waals surface area contributed by atoms with Crippen LogP contribution in [0, 0.1) is 11.3 Å². The Morgan fingerprint density at radius 1 is 1.33 bits per heavy atom. The predicted molar refractivity (Wildman–Crippen MR) is 77.6 cm³/mol. The number of pyridine rings is 1. The summed E-state index contributed by atoms with van der Waals surface area (Å²) in [5.74, 6) is -0.319. The van der Waals surface area contributed by atoms with Gasteiger partial charge in [-0.1, -0.05) is 13.0 Å². The van der Waals surface area contributed by atoms with Gasteiger partial charge in [-0.3, -0.25) is 14.6 Å². The summed E-state index contributed by atoms with van der Waals surface area (Å²) in [6, 6.07) is 0.946. The lowest BCUT2D eigenvalue weighted by Crippen LogP contribution is -2.40. The third kappa shape index (κ3) is 1.96. The zero-order valence-electron chi connectivity index (χ0n) is 12.9. The minimum absolute atomic E-state index is 0.0787. The van der Waals surface area contributed by atoms with E-state index in [4.69, 9.17) is 0 Å². The van der Waals surface area contributed by atoms with Gasteiger partial charge in [0.2, 0.25) is 5.91 Å². The maximum absolute atomic E-state index is 12.9. The third-order valence-electron chi connectivity index (χ3n) is 5.61. The summed E-state index contributed by atoms with van der Waals surface area (Å²) in [6.07, 6.45) is 0.0926. The highest BCUT2D eigenvalue weighted by molar-refractivity contribution is 6.02. The van der Waals surface area contributed by atoms with Gasteiger partial charge in [0.1, 0.15) is 0 Å². The molecule has 1 saturated heterocycles. The summed E-state index contributed by atoms with van der Waals surface area (Å²) < 4.78 is 38.6. The third-order valence-corrected chi connectivity index (χ3v) is 5.61. The number of ketones is 1. The molecule has 1 aromatic heterocycles. The van der Waals surface area contributed by atoms with E-state index < -0.39 is 17.2 Å². The normalized spacial score (nSPS) is 31.8. The van der Waals surface area contributed by atoms with Gasteiger partial charge < -0.3 is 4.90 Å². The van der Waals surface area contributed by atoms with Crippen LogP contribution in [0.15, 0.2) is 24.4 Å². The van der Waals surface area contributed by atoms with E-state index in [1.807, 2.05) is 6.92 Å². The molecule has 3 aliphatic rings. The molecule has 3 atom stereocenters. The topological polar surface area (TPSA) is 50.3 Å². The van der Waals surface area contributed by atoms with E-state index in [1.165, 1.54) is 6.08 Å². The highest BCUT2D eigenvalue weighted by atomic mass is 19.4. The molecule has 1 spiro atoms. The van der Waals surface area contributed by atoms with Crippen molar-refractivity contribution in [1.29, 1.82) is 0 Å². The Labute approximate surface area is 136 Å². The fraction of sp³-hybridized carbons (Fsp3) is 0.471. The summed E-state index contributed by atoms with van der Waals surface area (Å²) in [5.41, 5.74) is -0.595. The van der Waals surface area contributed by atoms with Gasteiger partial charge in [0.05, 0.1) is 11.0 Å². The quantitative estimate of drug-likeness (QED) is 0.731. The average Bonchev–Trinajstić information content (AvgIpc) is 3.01. The van der Waals surface area contributed by atoms with E-state index in [-0.39, 0.29) is 36.6 Å². The van der Waals surface area contributed by atoms with Crippen LogP contribution < -0.4 is 0 Å². The highest BCUT2D eigenvalue weighted by Gasteiger charge is 2.58. The van der Waals surface area contributed by atoms with Crippen molar-refractivity contribution in [1.82, 2.24) is 9.88 Å². The lowest BCUT2D eigenvalue weighted by Gasteiger charge is -2.32. The average molecular weight is 336 g/mol. The summed E-state index contributed by atoms with van der Waals surface area (Å²) in [5, 5.41) is 0. The molecule has 3 heterocycles. The Kier molecular flexibility index (Phi) is 2.99. The lowest BCUT2D eigenvalue weighted by molar-refractivity contribution is -0.138. The number of halogens is 3. The number of aromatic nitrogens is 1. The number of rotatable bonds is 0. The minimum Gasteiger partial charge on any atom is -0.334 e. The molecule has 0 bridgehead atoms. The number of fused-ring (bicyclic) bond motifs is 2. The fourth-order valence-corrected chi connectivity index (χ4v) is 4.21. The number of carbonyl (C=O) groups excluding carboxylic acids is 2. The Morgan fingerprint density at radius 2 is 2.08 bits per heavy atom. The van der Waals surface area contributed by atoms with Crippen molar-refractivity contribution in [2.24, 2.45) is 11.3 Å². The Bertz CT molecular complexity index is 787. The monoisotopic (exact) mass is 336 g/mol. The van der Waals surface area contributed by atoms with Crippen molar-refractivity contribution in [3.05, 3.63) is 41.2 Å². The van der Waals surface area contributed by atoms with Crippen LogP contribution in [-0.2, 0) is 28.7 Å². The number of carbonyl (C=O) groups is 2. The van der Waals surface area contributed by atoms with E-state index in [0.29, 0.717) is 17.7 Å². The van der Waals surface area contributed by atoms with Gasteiger partial charge in [-0.05, 0) is 23.6 Å². The Balaban J connectivity index is 1.71. The SMILES string of the molecule is CC1C2Cc3ncc(C(F)(F)F)cc3CN2C(=O)[C@]12C=CC(=O)C2. The molecule has 1 fully saturated rings. The van der Waals surface area contributed by atoms with E-state index in [9.17, 15) is 22.8 Å². The van der Waals surface area contributed by atoms with Gasteiger partial charge in [0.15, 0.2) is 5.78 Å². The molecule has 0 aromatic carbocycles. The van der Waals surface area contributed by atoms with Crippen LogP contribution in [-0.4, -0.2) is 27.6 Å². The smallest absolute Gasteiger partial charge is 0.334 e. The molecule has 24 heavy (non-hydrogen) atoms. The number of nitrogens with zero attached hydrogens (tertiary/aromatic N) is 2. The van der Waals surface area contributed by atoms with Gasteiger partial charge in [-0.2, -0.15) is 13.2 Å². The van der Waals surface area contributed by atoms with Crippen LogP contribution in [0.3, 0.4) is 0 Å². The standard InChI is InChI=1S/C17H15F3N2O2/c1-9-14-5-13-10(4-11(7-21-13)17(18,19)20)8-22(14)15(24)16(9)3-2-12(23)6-16/h2-4,7,9,14H,5-6,8H2,1H3/t9?,14?,16-/m0/s1. The molecule has 7 heteroatoms. The Hall–Kier alpha value is -2.18. The number of hydrogen-bond donors (Lipinski definition) is 0. The van der Waals surface area contributed by atoms with Crippen molar-refractivity contribution in [3.8, 4) is 0 Å². The van der Waals surface area contributed by atoms with Crippen LogP contribution >= 0.6 is 0 Å². The first kappa shape index (κ1) is 15.4. The van der Waals surface area contributed by atoms with Crippen molar-refractivity contribution in [3.63, 3.8) is 0 Å². The first-order chi connectivity index (χ1) is 11.2. The number of amides is 1. The molecular weight excluding hydrogens is 321 g/mol. The maximum atomic E-state index is 12.9. The first-order valence-electron chi connectivity index (χ1n) is 7.80. The van der Waals surface area contributed by atoms with Crippen LogP contribution in [0.4, 0.5) is 13.2 Å². The first-order valence-corrected chi connectivity index (χ1v) is 7.80. The molecule has 4 rings (SSSR count). The van der Waals surface area contributed by atoms with Gasteiger partial charge in [0, 0.05) is 37.3 Å². The van der Waals surface area contributed by atoms with E-state index in [2.05, 4.69) is 4.98 Å². The van der Waals surface area contributed by atoms with Gasteiger partial charge in [-0.25, -0.2) is 0 Å².